The van der Waals surface area contributed by atoms with E-state index in [1.54, 1.807) is 11.0 Å². The summed E-state index contributed by atoms with van der Waals surface area (Å²) in [6.07, 6.45) is 4.72. The molecular weight excluding hydrogens is 348 g/mol. The van der Waals surface area contributed by atoms with E-state index in [4.69, 9.17) is 0 Å². The molecule has 0 saturated carbocycles. The van der Waals surface area contributed by atoms with Crippen molar-refractivity contribution in [2.75, 3.05) is 16.8 Å². The van der Waals surface area contributed by atoms with Gasteiger partial charge in [-0.15, -0.1) is 10.2 Å². The molecule has 1 aromatic carbocycles. The van der Waals surface area contributed by atoms with Crippen LogP contribution in [0.5, 0.6) is 0 Å². The number of aromatic nitrogens is 2. The number of carbonyl (C=O) groups excluding carboxylic acids is 2. The summed E-state index contributed by atoms with van der Waals surface area (Å²) in [5.74, 6) is -0.0836. The standard InChI is InChI=1S/C19H22N4O2S/c1-19(2,3)17-21-22-18(26-17)20-15(24)11-8-13-6-9-14(10-7-13)23-12-4-5-16(23)25/h6-11H,4-5,12H2,1-3H3,(H,20,22,24). The molecule has 1 aliphatic heterocycles. The van der Waals surface area contributed by atoms with E-state index in [-0.39, 0.29) is 17.2 Å². The van der Waals surface area contributed by atoms with E-state index in [2.05, 4.69) is 36.3 Å². The van der Waals surface area contributed by atoms with Crippen LogP contribution in [0.15, 0.2) is 30.3 Å². The fourth-order valence-corrected chi connectivity index (χ4v) is 3.39. The van der Waals surface area contributed by atoms with E-state index in [0.717, 1.165) is 29.2 Å². The number of rotatable bonds is 4. The Balaban J connectivity index is 1.59. The molecule has 1 saturated heterocycles. The molecule has 2 aromatic rings. The van der Waals surface area contributed by atoms with Crippen LogP contribution in [0.2, 0.25) is 0 Å². The SMILES string of the molecule is CC(C)(C)c1nnc(NC(=O)C=Cc2ccc(N3CCCC3=O)cc2)s1. The zero-order valence-electron chi connectivity index (χ0n) is 15.2. The second-order valence-corrected chi connectivity index (χ2v) is 8.20. The molecule has 0 atom stereocenters. The smallest absolute Gasteiger partial charge is 0.250 e. The van der Waals surface area contributed by atoms with E-state index < -0.39 is 0 Å². The molecule has 1 fully saturated rings. The van der Waals surface area contributed by atoms with Crippen LogP contribution in [0, 0.1) is 0 Å². The maximum atomic E-state index is 12.1. The summed E-state index contributed by atoms with van der Waals surface area (Å²) < 4.78 is 0. The van der Waals surface area contributed by atoms with Crippen molar-refractivity contribution in [3.05, 3.63) is 40.9 Å². The molecule has 0 bridgehead atoms. The second kappa shape index (κ2) is 7.37. The normalized spacial score (nSPS) is 15.0. The van der Waals surface area contributed by atoms with Crippen LogP contribution < -0.4 is 10.2 Å². The molecule has 7 heteroatoms. The number of hydrogen-bond acceptors (Lipinski definition) is 5. The van der Waals surface area contributed by atoms with Crippen molar-refractivity contribution in [3.63, 3.8) is 0 Å². The number of amides is 2. The molecule has 2 amide bonds. The summed E-state index contributed by atoms with van der Waals surface area (Å²) in [7, 11) is 0. The van der Waals surface area contributed by atoms with Crippen LogP contribution in [0.4, 0.5) is 10.8 Å². The molecule has 0 aliphatic carbocycles. The number of benzene rings is 1. The Morgan fingerprint density at radius 2 is 1.96 bits per heavy atom. The third kappa shape index (κ3) is 4.35. The van der Waals surface area contributed by atoms with Crippen LogP contribution in [0.1, 0.15) is 44.2 Å². The van der Waals surface area contributed by atoms with Crippen molar-refractivity contribution in [1.29, 1.82) is 0 Å². The molecule has 1 aliphatic rings. The minimum atomic E-state index is -0.250. The fourth-order valence-electron chi connectivity index (χ4n) is 2.58. The first kappa shape index (κ1) is 18.3. The molecule has 136 valence electrons. The first-order valence-corrected chi connectivity index (χ1v) is 9.38. The summed E-state index contributed by atoms with van der Waals surface area (Å²) in [5.41, 5.74) is 1.70. The first-order chi connectivity index (χ1) is 12.3. The minimum Gasteiger partial charge on any atom is -0.312 e. The van der Waals surface area contributed by atoms with Gasteiger partial charge in [0.25, 0.3) is 0 Å². The molecular formula is C19H22N4O2S. The van der Waals surface area contributed by atoms with Crippen molar-refractivity contribution in [3.8, 4) is 0 Å². The Labute approximate surface area is 156 Å². The maximum absolute atomic E-state index is 12.1. The Morgan fingerprint density at radius 3 is 2.54 bits per heavy atom. The average Bonchev–Trinajstić information content (AvgIpc) is 3.22. The highest BCUT2D eigenvalue weighted by atomic mass is 32.1. The van der Waals surface area contributed by atoms with Crippen molar-refractivity contribution in [1.82, 2.24) is 10.2 Å². The number of anilines is 2. The molecule has 26 heavy (non-hydrogen) atoms. The van der Waals surface area contributed by atoms with Gasteiger partial charge in [0.2, 0.25) is 16.9 Å². The maximum Gasteiger partial charge on any atom is 0.250 e. The fraction of sp³-hybridized carbons (Fsp3) is 0.368. The third-order valence-electron chi connectivity index (χ3n) is 4.00. The van der Waals surface area contributed by atoms with Gasteiger partial charge in [-0.25, -0.2) is 0 Å². The lowest BCUT2D eigenvalue weighted by Crippen LogP contribution is -2.23. The van der Waals surface area contributed by atoms with Crippen LogP contribution in [-0.4, -0.2) is 28.6 Å². The van der Waals surface area contributed by atoms with Crippen LogP contribution in [-0.2, 0) is 15.0 Å². The van der Waals surface area contributed by atoms with Gasteiger partial charge in [0.05, 0.1) is 0 Å². The Hall–Kier alpha value is -2.54. The predicted octanol–water partition coefficient (Wildman–Crippen LogP) is 3.61. The second-order valence-electron chi connectivity index (χ2n) is 7.23. The van der Waals surface area contributed by atoms with Gasteiger partial charge < -0.3 is 4.90 Å². The van der Waals surface area contributed by atoms with Gasteiger partial charge >= 0.3 is 0 Å². The van der Waals surface area contributed by atoms with Gasteiger partial charge in [-0.2, -0.15) is 0 Å². The van der Waals surface area contributed by atoms with Gasteiger partial charge in [-0.1, -0.05) is 44.2 Å². The molecule has 6 nitrogen and oxygen atoms in total. The van der Waals surface area contributed by atoms with Crippen molar-refractivity contribution in [2.24, 2.45) is 0 Å². The summed E-state index contributed by atoms with van der Waals surface area (Å²) >= 11 is 1.38. The van der Waals surface area contributed by atoms with E-state index in [1.165, 1.54) is 17.4 Å². The molecule has 2 heterocycles. The molecule has 0 radical (unpaired) electrons. The van der Waals surface area contributed by atoms with E-state index in [0.29, 0.717) is 11.6 Å². The Bertz CT molecular complexity index is 834. The summed E-state index contributed by atoms with van der Waals surface area (Å²) in [4.78, 5) is 25.6. The number of nitrogens with zero attached hydrogens (tertiary/aromatic N) is 3. The first-order valence-electron chi connectivity index (χ1n) is 8.56. The Morgan fingerprint density at radius 1 is 1.23 bits per heavy atom. The minimum absolute atomic E-state index is 0.0883. The Kier molecular flexibility index (Phi) is 5.18. The quantitative estimate of drug-likeness (QED) is 0.834. The topological polar surface area (TPSA) is 75.2 Å². The monoisotopic (exact) mass is 370 g/mol. The van der Waals surface area contributed by atoms with Crippen LogP contribution in [0.25, 0.3) is 6.08 Å². The van der Waals surface area contributed by atoms with Crippen molar-refractivity contribution >= 4 is 40.0 Å². The number of nitrogens with one attached hydrogen (secondary N) is 1. The molecule has 0 spiro atoms. The average molecular weight is 370 g/mol. The van der Waals surface area contributed by atoms with Gasteiger partial charge in [0.1, 0.15) is 5.01 Å². The van der Waals surface area contributed by atoms with Gasteiger partial charge in [0, 0.05) is 30.1 Å². The predicted molar refractivity (Wildman–Crippen MR) is 104 cm³/mol. The highest BCUT2D eigenvalue weighted by molar-refractivity contribution is 7.15. The van der Waals surface area contributed by atoms with Crippen molar-refractivity contribution < 1.29 is 9.59 Å². The lowest BCUT2D eigenvalue weighted by molar-refractivity contribution is -0.117. The summed E-state index contributed by atoms with van der Waals surface area (Å²) in [6.45, 7) is 6.93. The lowest BCUT2D eigenvalue weighted by atomic mass is 9.98. The van der Waals surface area contributed by atoms with Gasteiger partial charge in [-0.05, 0) is 30.2 Å². The molecule has 3 rings (SSSR count). The van der Waals surface area contributed by atoms with E-state index in [9.17, 15) is 9.59 Å². The highest BCUT2D eigenvalue weighted by Gasteiger charge is 2.21. The summed E-state index contributed by atoms with van der Waals surface area (Å²) in [5, 5.41) is 12.2. The molecule has 1 aromatic heterocycles. The van der Waals surface area contributed by atoms with E-state index >= 15 is 0 Å². The third-order valence-corrected chi connectivity index (χ3v) is 5.27. The highest BCUT2D eigenvalue weighted by Crippen LogP contribution is 2.27. The van der Waals surface area contributed by atoms with Gasteiger partial charge in [0.15, 0.2) is 0 Å². The molecule has 0 unspecified atom stereocenters. The van der Waals surface area contributed by atoms with Gasteiger partial charge in [-0.3, -0.25) is 14.9 Å². The van der Waals surface area contributed by atoms with Crippen molar-refractivity contribution in [2.45, 2.75) is 39.0 Å². The number of carbonyl (C=O) groups is 2. The summed E-state index contributed by atoms with van der Waals surface area (Å²) in [6, 6.07) is 7.60. The number of hydrogen-bond donors (Lipinski definition) is 1. The van der Waals surface area contributed by atoms with E-state index in [1.807, 2.05) is 24.3 Å². The van der Waals surface area contributed by atoms with Crippen LogP contribution >= 0.6 is 11.3 Å². The van der Waals surface area contributed by atoms with Crippen LogP contribution in [0.3, 0.4) is 0 Å². The zero-order valence-corrected chi connectivity index (χ0v) is 16.0. The molecule has 1 N–H and O–H groups in total. The lowest BCUT2D eigenvalue weighted by Gasteiger charge is -2.15. The largest absolute Gasteiger partial charge is 0.312 e. The zero-order chi connectivity index (χ0) is 18.7.